The van der Waals surface area contributed by atoms with Gasteiger partial charge in [-0.15, -0.1) is 0 Å². The van der Waals surface area contributed by atoms with Crippen molar-refractivity contribution in [3.05, 3.63) is 54.4 Å². The number of hydrogen-bond donors (Lipinski definition) is 1. The molecule has 4 rings (SSSR count). The van der Waals surface area contributed by atoms with Gasteiger partial charge in [0.05, 0.1) is 9.73 Å². The lowest BCUT2D eigenvalue weighted by Gasteiger charge is -2.12. The predicted octanol–water partition coefficient (Wildman–Crippen LogP) is 4.08. The molecular formula is C19H18FN3O3S. The molecule has 1 N–H and O–H groups in total. The van der Waals surface area contributed by atoms with Crippen molar-refractivity contribution in [3.63, 3.8) is 0 Å². The Bertz CT molecular complexity index is 1080. The minimum absolute atomic E-state index is 0.0285. The molecule has 1 fully saturated rings. The smallest absolute Gasteiger partial charge is 0.243 e. The van der Waals surface area contributed by atoms with Crippen molar-refractivity contribution in [1.82, 2.24) is 9.97 Å². The van der Waals surface area contributed by atoms with Crippen LogP contribution in [0.15, 0.2) is 53.7 Å². The Balaban J connectivity index is 1.58. The van der Waals surface area contributed by atoms with E-state index < -0.39 is 16.6 Å². The number of ether oxygens (including phenoxy) is 2. The first-order valence-electron chi connectivity index (χ1n) is 8.51. The van der Waals surface area contributed by atoms with Gasteiger partial charge in [-0.2, -0.15) is 0 Å². The zero-order chi connectivity index (χ0) is 18.9. The van der Waals surface area contributed by atoms with E-state index in [0.29, 0.717) is 21.5 Å². The minimum atomic E-state index is -2.74. The number of aromatic nitrogens is 2. The summed E-state index contributed by atoms with van der Waals surface area (Å²) in [4.78, 5) is 8.72. The van der Waals surface area contributed by atoms with E-state index in [1.165, 1.54) is 6.20 Å². The van der Waals surface area contributed by atoms with E-state index in [0.717, 1.165) is 18.4 Å². The summed E-state index contributed by atoms with van der Waals surface area (Å²) in [5.41, 5.74) is 1.25. The Morgan fingerprint density at radius 2 is 1.96 bits per heavy atom. The summed E-state index contributed by atoms with van der Waals surface area (Å²) >= 11 is 0. The average Bonchev–Trinajstić information content (AvgIpc) is 3.53. The topological polar surface area (TPSA) is 85.2 Å². The molecule has 0 unspecified atom stereocenters. The van der Waals surface area contributed by atoms with E-state index in [-0.39, 0.29) is 17.7 Å². The Kier molecular flexibility index (Phi) is 4.65. The summed E-state index contributed by atoms with van der Waals surface area (Å²) in [6, 6.07) is 10.6. The van der Waals surface area contributed by atoms with Crippen molar-refractivity contribution in [2.75, 3.05) is 6.86 Å². The molecule has 0 amide bonds. The van der Waals surface area contributed by atoms with Crippen LogP contribution >= 0.6 is 0 Å². The Labute approximate surface area is 156 Å². The summed E-state index contributed by atoms with van der Waals surface area (Å²) in [7, 11) is -2.74. The molecule has 1 atom stereocenters. The lowest BCUT2D eigenvalue weighted by molar-refractivity contribution is 0.187. The molecule has 1 aromatic carbocycles. The van der Waals surface area contributed by atoms with Crippen LogP contribution in [-0.2, 0) is 16.3 Å². The number of hydrogen-bond acceptors (Lipinski definition) is 6. The van der Waals surface area contributed by atoms with Gasteiger partial charge in [-0.05, 0) is 42.7 Å². The van der Waals surface area contributed by atoms with Crippen molar-refractivity contribution in [3.8, 4) is 11.6 Å². The van der Waals surface area contributed by atoms with Crippen LogP contribution in [0.25, 0.3) is 10.9 Å². The monoisotopic (exact) mass is 387 g/mol. The fourth-order valence-corrected chi connectivity index (χ4v) is 4.68. The normalized spacial score (nSPS) is 16.0. The summed E-state index contributed by atoms with van der Waals surface area (Å²) < 4.78 is 44.1. The number of alkyl halides is 1. The minimum Gasteiger partial charge on any atom is -0.488 e. The van der Waals surface area contributed by atoms with Crippen LogP contribution in [-0.4, -0.2) is 26.3 Å². The molecule has 27 heavy (non-hydrogen) atoms. The molecule has 0 radical (unpaired) electrons. The predicted molar refractivity (Wildman–Crippen MR) is 99.1 cm³/mol. The van der Waals surface area contributed by atoms with Crippen molar-refractivity contribution >= 4 is 20.6 Å². The maximum Gasteiger partial charge on any atom is 0.243 e. The number of nitrogens with zero attached hydrogens (tertiary/aromatic N) is 2. The van der Waals surface area contributed by atoms with Gasteiger partial charge in [0.2, 0.25) is 12.7 Å². The van der Waals surface area contributed by atoms with E-state index in [9.17, 15) is 8.60 Å². The molecule has 0 aliphatic heterocycles. The maximum atomic E-state index is 12.6. The van der Waals surface area contributed by atoms with Gasteiger partial charge in [-0.3, -0.25) is 4.98 Å². The standard InChI is InChI=1S/C19H18FN3O3S/c20-12-26-19-18-16(6-8-23-19)17(7-9-22-18)25-11-13-2-1-3-15(10-13)27(21,24)14-4-5-14/h1-3,6-10,14,21H,4-5,11-12H2/t27-/m0/s1. The third-order valence-corrected chi connectivity index (χ3v) is 6.78. The highest BCUT2D eigenvalue weighted by atomic mass is 32.2. The lowest BCUT2D eigenvalue weighted by atomic mass is 10.2. The molecule has 8 heteroatoms. The number of rotatable bonds is 7. The summed E-state index contributed by atoms with van der Waals surface area (Å²) in [6.45, 7) is -0.742. The lowest BCUT2D eigenvalue weighted by Crippen LogP contribution is -2.06. The van der Waals surface area contributed by atoms with Gasteiger partial charge < -0.3 is 9.47 Å². The number of pyridine rings is 2. The van der Waals surface area contributed by atoms with E-state index in [1.54, 1.807) is 36.5 Å². The quantitative estimate of drug-likeness (QED) is 0.660. The second-order valence-electron chi connectivity index (χ2n) is 6.31. The van der Waals surface area contributed by atoms with E-state index in [4.69, 9.17) is 14.3 Å². The zero-order valence-corrected chi connectivity index (χ0v) is 15.2. The largest absolute Gasteiger partial charge is 0.488 e. The van der Waals surface area contributed by atoms with Crippen LogP contribution in [0.1, 0.15) is 18.4 Å². The highest BCUT2D eigenvalue weighted by Crippen LogP contribution is 2.34. The van der Waals surface area contributed by atoms with Crippen molar-refractivity contribution in [2.24, 2.45) is 0 Å². The number of benzene rings is 1. The Hall–Kier alpha value is -2.74. The molecule has 1 saturated carbocycles. The second kappa shape index (κ2) is 7.11. The van der Waals surface area contributed by atoms with Gasteiger partial charge in [0.15, 0.2) is 0 Å². The Morgan fingerprint density at radius 1 is 1.15 bits per heavy atom. The molecule has 2 aromatic heterocycles. The zero-order valence-electron chi connectivity index (χ0n) is 14.4. The average molecular weight is 387 g/mol. The van der Waals surface area contributed by atoms with Crippen LogP contribution < -0.4 is 9.47 Å². The maximum absolute atomic E-state index is 12.6. The van der Waals surface area contributed by atoms with Gasteiger partial charge in [-0.1, -0.05) is 12.1 Å². The first-order chi connectivity index (χ1) is 13.1. The first-order valence-corrected chi connectivity index (χ1v) is 10.1. The van der Waals surface area contributed by atoms with Gasteiger partial charge in [0.1, 0.15) is 17.9 Å². The second-order valence-corrected chi connectivity index (χ2v) is 8.65. The fourth-order valence-electron chi connectivity index (χ4n) is 2.89. The number of fused-ring (bicyclic) bond motifs is 1. The van der Waals surface area contributed by atoms with Gasteiger partial charge >= 0.3 is 0 Å². The van der Waals surface area contributed by atoms with E-state index >= 15 is 0 Å². The van der Waals surface area contributed by atoms with E-state index in [2.05, 4.69) is 9.97 Å². The van der Waals surface area contributed by atoms with Crippen LogP contribution in [0.2, 0.25) is 0 Å². The molecule has 1 aliphatic rings. The molecule has 140 valence electrons. The third kappa shape index (κ3) is 3.57. The fraction of sp³-hybridized carbons (Fsp3) is 0.263. The van der Waals surface area contributed by atoms with Crippen molar-refractivity contribution in [1.29, 1.82) is 4.78 Å². The molecule has 0 bridgehead atoms. The first kappa shape index (κ1) is 17.7. The third-order valence-electron chi connectivity index (χ3n) is 4.41. The Morgan fingerprint density at radius 3 is 2.74 bits per heavy atom. The molecule has 3 aromatic rings. The summed E-state index contributed by atoms with van der Waals surface area (Å²) in [6.07, 6.45) is 4.75. The summed E-state index contributed by atoms with van der Waals surface area (Å²) in [5.74, 6) is 0.672. The number of nitrogens with one attached hydrogen (secondary N) is 1. The SMILES string of the molecule is N=[S@@](=O)(c1cccc(COc2ccnc3c(OCF)nccc23)c1)C1CC1. The van der Waals surface area contributed by atoms with E-state index in [1.807, 2.05) is 6.07 Å². The van der Waals surface area contributed by atoms with Crippen molar-refractivity contribution < 1.29 is 18.1 Å². The highest BCUT2D eigenvalue weighted by molar-refractivity contribution is 7.93. The van der Waals surface area contributed by atoms with Crippen molar-refractivity contribution in [2.45, 2.75) is 29.6 Å². The van der Waals surface area contributed by atoms with Crippen LogP contribution in [0, 0.1) is 4.78 Å². The molecule has 6 nitrogen and oxygen atoms in total. The molecule has 0 spiro atoms. The molecular weight excluding hydrogens is 369 g/mol. The van der Waals surface area contributed by atoms with Gasteiger partial charge in [0.25, 0.3) is 0 Å². The molecule has 2 heterocycles. The van der Waals surface area contributed by atoms with Gasteiger partial charge in [-0.25, -0.2) is 18.4 Å². The van der Waals surface area contributed by atoms with Crippen LogP contribution in [0.4, 0.5) is 4.39 Å². The highest BCUT2D eigenvalue weighted by Gasteiger charge is 2.33. The van der Waals surface area contributed by atoms with Gasteiger partial charge in [0, 0.05) is 27.9 Å². The number of halogens is 1. The van der Waals surface area contributed by atoms with Crippen LogP contribution in [0.3, 0.4) is 0 Å². The summed E-state index contributed by atoms with van der Waals surface area (Å²) in [5, 5.41) is 0.633. The van der Waals surface area contributed by atoms with Crippen LogP contribution in [0.5, 0.6) is 11.6 Å². The molecule has 1 aliphatic carbocycles. The molecule has 0 saturated heterocycles.